The number of ether oxygens (including phenoxy) is 1. The van der Waals surface area contributed by atoms with Gasteiger partial charge in [-0.05, 0) is 44.5 Å². The van der Waals surface area contributed by atoms with Gasteiger partial charge in [0.2, 0.25) is 5.91 Å². The number of carbonyl (C=O) groups is 1. The van der Waals surface area contributed by atoms with E-state index in [1.165, 1.54) is 13.1 Å². The van der Waals surface area contributed by atoms with Gasteiger partial charge in [-0.2, -0.15) is 0 Å². The summed E-state index contributed by atoms with van der Waals surface area (Å²) in [5, 5.41) is 13.5. The average Bonchev–Trinajstić information content (AvgIpc) is 2.42. The average molecular weight is 275 g/mol. The SMILES string of the molecule is CC(=O)Nc1cc(OC2CCNCC2)c(C)cc1C=N. The fraction of sp³-hybridized carbons (Fsp3) is 0.467. The van der Waals surface area contributed by atoms with Crippen molar-refractivity contribution >= 4 is 17.8 Å². The Balaban J connectivity index is 2.22. The molecule has 1 fully saturated rings. The van der Waals surface area contributed by atoms with E-state index in [1.54, 1.807) is 0 Å². The van der Waals surface area contributed by atoms with Crippen LogP contribution in [0, 0.1) is 12.3 Å². The Kier molecular flexibility index (Phi) is 4.74. The molecule has 5 heteroatoms. The van der Waals surface area contributed by atoms with Crippen LogP contribution in [0.25, 0.3) is 0 Å². The molecule has 2 rings (SSSR count). The second-order valence-electron chi connectivity index (χ2n) is 5.10. The van der Waals surface area contributed by atoms with E-state index in [0.717, 1.165) is 37.2 Å². The number of aryl methyl sites for hydroxylation is 1. The number of amides is 1. The zero-order valence-corrected chi connectivity index (χ0v) is 12.0. The summed E-state index contributed by atoms with van der Waals surface area (Å²) in [6.07, 6.45) is 3.43. The van der Waals surface area contributed by atoms with Gasteiger partial charge in [0.1, 0.15) is 11.9 Å². The predicted octanol–water partition coefficient (Wildman–Crippen LogP) is 2.08. The Bertz CT molecular complexity index is 508. The van der Waals surface area contributed by atoms with Crippen LogP contribution in [0.15, 0.2) is 12.1 Å². The molecule has 1 aliphatic heterocycles. The molecule has 0 radical (unpaired) electrons. The summed E-state index contributed by atoms with van der Waals surface area (Å²) < 4.78 is 6.04. The normalized spacial score (nSPS) is 15.7. The minimum Gasteiger partial charge on any atom is -0.490 e. The van der Waals surface area contributed by atoms with Crippen LogP contribution < -0.4 is 15.4 Å². The summed E-state index contributed by atoms with van der Waals surface area (Å²) in [6, 6.07) is 3.69. The monoisotopic (exact) mass is 275 g/mol. The standard InChI is InChI=1S/C15H21N3O2/c1-10-7-12(9-16)14(18-11(2)19)8-15(10)20-13-3-5-17-6-4-13/h7-9,13,16-17H,3-6H2,1-2H3,(H,18,19). The molecule has 108 valence electrons. The largest absolute Gasteiger partial charge is 0.490 e. The number of piperidine rings is 1. The van der Waals surface area contributed by atoms with E-state index in [9.17, 15) is 4.79 Å². The molecule has 0 aromatic heterocycles. The Labute approximate surface area is 119 Å². The van der Waals surface area contributed by atoms with Crippen molar-refractivity contribution < 1.29 is 9.53 Å². The Morgan fingerprint density at radius 3 is 2.75 bits per heavy atom. The van der Waals surface area contributed by atoms with E-state index in [1.807, 2.05) is 19.1 Å². The van der Waals surface area contributed by atoms with Gasteiger partial charge >= 0.3 is 0 Å². The molecular weight excluding hydrogens is 254 g/mol. The molecule has 3 N–H and O–H groups in total. The molecule has 1 aromatic rings. The van der Waals surface area contributed by atoms with Crippen molar-refractivity contribution in [1.29, 1.82) is 5.41 Å². The third-order valence-electron chi connectivity index (χ3n) is 3.39. The van der Waals surface area contributed by atoms with Crippen LogP contribution in [-0.4, -0.2) is 31.3 Å². The lowest BCUT2D eigenvalue weighted by Crippen LogP contribution is -2.34. The van der Waals surface area contributed by atoms with Gasteiger partial charge in [0.25, 0.3) is 0 Å². The van der Waals surface area contributed by atoms with Crippen LogP contribution in [0.1, 0.15) is 30.9 Å². The summed E-state index contributed by atoms with van der Waals surface area (Å²) in [5.41, 5.74) is 2.30. The molecule has 0 unspecified atom stereocenters. The number of hydrogen-bond donors (Lipinski definition) is 3. The molecule has 1 amide bonds. The zero-order chi connectivity index (χ0) is 14.5. The Morgan fingerprint density at radius 1 is 1.45 bits per heavy atom. The smallest absolute Gasteiger partial charge is 0.221 e. The molecule has 1 saturated heterocycles. The number of anilines is 1. The van der Waals surface area contributed by atoms with Gasteiger partial charge < -0.3 is 20.8 Å². The summed E-state index contributed by atoms with van der Waals surface area (Å²) in [4.78, 5) is 11.2. The number of nitrogens with one attached hydrogen (secondary N) is 3. The molecule has 1 heterocycles. The molecule has 20 heavy (non-hydrogen) atoms. The molecule has 0 atom stereocenters. The van der Waals surface area contributed by atoms with Crippen molar-refractivity contribution in [3.63, 3.8) is 0 Å². The summed E-state index contributed by atoms with van der Waals surface area (Å²) >= 11 is 0. The molecule has 0 aliphatic carbocycles. The van der Waals surface area contributed by atoms with Crippen LogP contribution in [-0.2, 0) is 4.79 Å². The van der Waals surface area contributed by atoms with Gasteiger partial charge in [0.05, 0.1) is 5.69 Å². The fourth-order valence-electron chi connectivity index (χ4n) is 2.35. The van der Waals surface area contributed by atoms with Crippen LogP contribution in [0.2, 0.25) is 0 Å². The molecular formula is C15H21N3O2. The summed E-state index contributed by atoms with van der Waals surface area (Å²) in [5.74, 6) is 0.635. The lowest BCUT2D eigenvalue weighted by Gasteiger charge is -2.25. The fourth-order valence-corrected chi connectivity index (χ4v) is 2.35. The molecule has 0 saturated carbocycles. The van der Waals surface area contributed by atoms with Gasteiger partial charge in [0.15, 0.2) is 0 Å². The first-order valence-corrected chi connectivity index (χ1v) is 6.90. The minimum absolute atomic E-state index is 0.148. The highest BCUT2D eigenvalue weighted by Crippen LogP contribution is 2.28. The molecule has 1 aliphatic rings. The lowest BCUT2D eigenvalue weighted by molar-refractivity contribution is -0.114. The third-order valence-corrected chi connectivity index (χ3v) is 3.39. The van der Waals surface area contributed by atoms with Crippen molar-refractivity contribution in [2.45, 2.75) is 32.8 Å². The van der Waals surface area contributed by atoms with Crippen LogP contribution in [0.3, 0.4) is 0 Å². The number of rotatable bonds is 4. The summed E-state index contributed by atoms with van der Waals surface area (Å²) in [7, 11) is 0. The van der Waals surface area contributed by atoms with E-state index >= 15 is 0 Å². The van der Waals surface area contributed by atoms with E-state index in [-0.39, 0.29) is 12.0 Å². The predicted molar refractivity (Wildman–Crippen MR) is 79.9 cm³/mol. The lowest BCUT2D eigenvalue weighted by atomic mass is 10.1. The van der Waals surface area contributed by atoms with Crippen LogP contribution >= 0.6 is 0 Å². The summed E-state index contributed by atoms with van der Waals surface area (Å²) in [6.45, 7) is 5.36. The first-order chi connectivity index (χ1) is 9.60. The molecule has 0 bridgehead atoms. The van der Waals surface area contributed by atoms with E-state index in [2.05, 4.69) is 10.6 Å². The van der Waals surface area contributed by atoms with Crippen molar-refractivity contribution in [3.8, 4) is 5.75 Å². The maximum absolute atomic E-state index is 11.2. The first kappa shape index (κ1) is 14.5. The van der Waals surface area contributed by atoms with Crippen molar-refractivity contribution in [3.05, 3.63) is 23.3 Å². The van der Waals surface area contributed by atoms with Crippen molar-refractivity contribution in [2.24, 2.45) is 0 Å². The topological polar surface area (TPSA) is 74.2 Å². The van der Waals surface area contributed by atoms with E-state index < -0.39 is 0 Å². The van der Waals surface area contributed by atoms with E-state index in [0.29, 0.717) is 11.3 Å². The number of hydrogen-bond acceptors (Lipinski definition) is 4. The van der Waals surface area contributed by atoms with E-state index in [4.69, 9.17) is 10.1 Å². The highest BCUT2D eigenvalue weighted by atomic mass is 16.5. The molecule has 5 nitrogen and oxygen atoms in total. The molecule has 1 aromatic carbocycles. The Morgan fingerprint density at radius 2 is 2.15 bits per heavy atom. The Hall–Kier alpha value is -1.88. The second kappa shape index (κ2) is 6.52. The van der Waals surface area contributed by atoms with Gasteiger partial charge in [-0.3, -0.25) is 4.79 Å². The zero-order valence-electron chi connectivity index (χ0n) is 12.0. The third kappa shape index (κ3) is 3.57. The second-order valence-corrected chi connectivity index (χ2v) is 5.10. The maximum Gasteiger partial charge on any atom is 0.221 e. The first-order valence-electron chi connectivity index (χ1n) is 6.90. The highest BCUT2D eigenvalue weighted by Gasteiger charge is 2.16. The van der Waals surface area contributed by atoms with Gasteiger partial charge in [-0.1, -0.05) is 0 Å². The van der Waals surface area contributed by atoms with Crippen molar-refractivity contribution in [2.75, 3.05) is 18.4 Å². The van der Waals surface area contributed by atoms with Gasteiger partial charge in [-0.15, -0.1) is 0 Å². The minimum atomic E-state index is -0.148. The van der Waals surface area contributed by atoms with Crippen LogP contribution in [0.4, 0.5) is 5.69 Å². The van der Waals surface area contributed by atoms with Crippen LogP contribution in [0.5, 0.6) is 5.75 Å². The maximum atomic E-state index is 11.2. The quantitative estimate of drug-likeness (QED) is 0.737. The number of benzene rings is 1. The molecule has 0 spiro atoms. The van der Waals surface area contributed by atoms with Gasteiger partial charge in [0, 0.05) is 24.8 Å². The number of carbonyl (C=O) groups excluding carboxylic acids is 1. The van der Waals surface area contributed by atoms with Crippen molar-refractivity contribution in [1.82, 2.24) is 5.32 Å². The highest BCUT2D eigenvalue weighted by molar-refractivity contribution is 5.96. The van der Waals surface area contributed by atoms with Gasteiger partial charge in [-0.25, -0.2) is 0 Å².